The first-order valence-corrected chi connectivity index (χ1v) is 7.00. The fourth-order valence-corrected chi connectivity index (χ4v) is 2.84. The van der Waals surface area contributed by atoms with Gasteiger partial charge in [0.05, 0.1) is 9.90 Å². The Bertz CT molecular complexity index is 596. The van der Waals surface area contributed by atoms with E-state index in [0.717, 1.165) is 10.9 Å². The van der Waals surface area contributed by atoms with E-state index >= 15 is 0 Å². The summed E-state index contributed by atoms with van der Waals surface area (Å²) in [6.07, 6.45) is -3.82. The van der Waals surface area contributed by atoms with Gasteiger partial charge in [-0.25, -0.2) is 0 Å². The highest BCUT2D eigenvalue weighted by atomic mass is 35.5. The molecule has 0 atom stereocenters. The molecule has 2 nitrogen and oxygen atoms in total. The van der Waals surface area contributed by atoms with Crippen molar-refractivity contribution in [1.29, 1.82) is 0 Å². The number of nitrogens with two attached hydrogens (primary N) is 1. The molecule has 2 rings (SSSR count). The molecule has 0 saturated heterocycles. The summed E-state index contributed by atoms with van der Waals surface area (Å²) in [4.78, 5) is 1.02. The van der Waals surface area contributed by atoms with Crippen LogP contribution in [0.2, 0.25) is 4.34 Å². The molecule has 1 aromatic carbocycles. The zero-order valence-electron chi connectivity index (χ0n) is 10.3. The largest absolute Gasteiger partial charge is 0.418 e. The summed E-state index contributed by atoms with van der Waals surface area (Å²) in [6.45, 7) is 0.393. The van der Waals surface area contributed by atoms with Crippen LogP contribution in [0.3, 0.4) is 0 Å². The molecule has 0 fully saturated rings. The third-order valence-corrected chi connectivity index (χ3v) is 3.96. The Morgan fingerprint density at radius 2 is 1.95 bits per heavy atom. The van der Waals surface area contributed by atoms with E-state index in [0.29, 0.717) is 17.3 Å². The van der Waals surface area contributed by atoms with Gasteiger partial charge < -0.3 is 11.1 Å². The Hall–Kier alpha value is -1.40. The van der Waals surface area contributed by atoms with Crippen LogP contribution in [0, 0.1) is 0 Å². The van der Waals surface area contributed by atoms with Crippen LogP contribution in [-0.4, -0.2) is 6.54 Å². The average molecular weight is 321 g/mol. The minimum Gasteiger partial charge on any atom is -0.399 e. The van der Waals surface area contributed by atoms with Crippen molar-refractivity contribution in [3.63, 3.8) is 0 Å². The highest BCUT2D eigenvalue weighted by Gasteiger charge is 2.33. The normalized spacial score (nSPS) is 11.6. The number of thiophene rings is 1. The van der Waals surface area contributed by atoms with E-state index in [1.807, 2.05) is 6.07 Å². The van der Waals surface area contributed by atoms with Gasteiger partial charge in [-0.05, 0) is 36.8 Å². The van der Waals surface area contributed by atoms with Crippen LogP contribution in [0.4, 0.5) is 24.5 Å². The summed E-state index contributed by atoms with van der Waals surface area (Å²) in [5, 5.41) is 2.79. The number of hydrogen-bond donors (Lipinski definition) is 2. The van der Waals surface area contributed by atoms with E-state index in [-0.39, 0.29) is 11.4 Å². The van der Waals surface area contributed by atoms with Crippen LogP contribution in [0.5, 0.6) is 0 Å². The maximum atomic E-state index is 12.9. The minimum absolute atomic E-state index is 0.0364. The lowest BCUT2D eigenvalue weighted by Crippen LogP contribution is -2.13. The van der Waals surface area contributed by atoms with Gasteiger partial charge in [-0.2, -0.15) is 13.2 Å². The van der Waals surface area contributed by atoms with E-state index in [1.165, 1.54) is 23.5 Å². The number of benzene rings is 1. The van der Waals surface area contributed by atoms with Crippen molar-refractivity contribution in [2.45, 2.75) is 12.6 Å². The van der Waals surface area contributed by atoms with Crippen molar-refractivity contribution in [2.24, 2.45) is 0 Å². The maximum absolute atomic E-state index is 12.9. The Morgan fingerprint density at radius 1 is 1.20 bits per heavy atom. The number of halogens is 4. The molecule has 1 heterocycles. The van der Waals surface area contributed by atoms with Crippen LogP contribution in [0.25, 0.3) is 0 Å². The number of nitrogen functional groups attached to an aromatic ring is 1. The van der Waals surface area contributed by atoms with Gasteiger partial charge in [0.1, 0.15) is 0 Å². The summed E-state index contributed by atoms with van der Waals surface area (Å²) >= 11 is 7.21. The van der Waals surface area contributed by atoms with Crippen molar-refractivity contribution in [3.05, 3.63) is 45.1 Å². The average Bonchev–Trinajstić information content (AvgIpc) is 2.76. The summed E-state index contributed by atoms with van der Waals surface area (Å²) < 4.78 is 39.3. The third-order valence-electron chi connectivity index (χ3n) is 2.66. The van der Waals surface area contributed by atoms with Gasteiger partial charge in [-0.3, -0.25) is 0 Å². The Labute approximate surface area is 123 Å². The van der Waals surface area contributed by atoms with Crippen molar-refractivity contribution in [2.75, 3.05) is 17.6 Å². The lowest BCUT2D eigenvalue weighted by Gasteiger charge is -2.15. The van der Waals surface area contributed by atoms with Crippen LogP contribution < -0.4 is 11.1 Å². The molecule has 0 unspecified atom stereocenters. The summed E-state index contributed by atoms with van der Waals surface area (Å²) in [7, 11) is 0. The summed E-state index contributed by atoms with van der Waals surface area (Å²) in [5.41, 5.74) is 4.78. The highest BCUT2D eigenvalue weighted by molar-refractivity contribution is 7.16. The fraction of sp³-hybridized carbons (Fsp3) is 0.231. The van der Waals surface area contributed by atoms with E-state index in [2.05, 4.69) is 5.32 Å². The number of rotatable bonds is 4. The quantitative estimate of drug-likeness (QED) is 0.804. The molecule has 2 aromatic rings. The molecule has 0 bridgehead atoms. The summed E-state index contributed by atoms with van der Waals surface area (Å²) in [5.74, 6) is 0. The molecule has 20 heavy (non-hydrogen) atoms. The highest BCUT2D eigenvalue weighted by Crippen LogP contribution is 2.36. The SMILES string of the molecule is Nc1ccc(NCCc2ccc(Cl)s2)c(C(F)(F)F)c1. The van der Waals surface area contributed by atoms with Gasteiger partial charge in [0.2, 0.25) is 0 Å². The first-order valence-electron chi connectivity index (χ1n) is 5.81. The molecular weight excluding hydrogens is 309 g/mol. The van der Waals surface area contributed by atoms with E-state index in [9.17, 15) is 13.2 Å². The smallest absolute Gasteiger partial charge is 0.399 e. The van der Waals surface area contributed by atoms with Crippen LogP contribution in [0.1, 0.15) is 10.4 Å². The fourth-order valence-electron chi connectivity index (χ4n) is 1.76. The molecular formula is C13H12ClF3N2S. The summed E-state index contributed by atoms with van der Waals surface area (Å²) in [6, 6.07) is 7.36. The molecule has 0 aliphatic rings. The lowest BCUT2D eigenvalue weighted by atomic mass is 10.1. The van der Waals surface area contributed by atoms with Crippen LogP contribution in [0.15, 0.2) is 30.3 Å². The number of anilines is 2. The van der Waals surface area contributed by atoms with Gasteiger partial charge >= 0.3 is 6.18 Å². The van der Waals surface area contributed by atoms with Gasteiger partial charge in [0.15, 0.2) is 0 Å². The van der Waals surface area contributed by atoms with Gasteiger partial charge in [0.25, 0.3) is 0 Å². The Balaban J connectivity index is 2.06. The first kappa shape index (κ1) is 15.0. The molecule has 0 spiro atoms. The third kappa shape index (κ3) is 3.80. The van der Waals surface area contributed by atoms with Crippen molar-refractivity contribution in [3.8, 4) is 0 Å². The van der Waals surface area contributed by atoms with Gasteiger partial charge in [-0.1, -0.05) is 11.6 Å². The Morgan fingerprint density at radius 3 is 2.55 bits per heavy atom. The van der Waals surface area contributed by atoms with Crippen LogP contribution >= 0.6 is 22.9 Å². The number of alkyl halides is 3. The lowest BCUT2D eigenvalue weighted by molar-refractivity contribution is -0.136. The van der Waals surface area contributed by atoms with Crippen molar-refractivity contribution >= 4 is 34.3 Å². The maximum Gasteiger partial charge on any atom is 0.418 e. The number of nitrogens with one attached hydrogen (secondary N) is 1. The zero-order valence-corrected chi connectivity index (χ0v) is 11.9. The molecule has 0 aliphatic heterocycles. The van der Waals surface area contributed by atoms with Gasteiger partial charge in [0, 0.05) is 22.8 Å². The molecule has 3 N–H and O–H groups in total. The second-order valence-electron chi connectivity index (χ2n) is 4.19. The van der Waals surface area contributed by atoms with E-state index in [1.54, 1.807) is 6.07 Å². The second-order valence-corrected chi connectivity index (χ2v) is 5.99. The molecule has 7 heteroatoms. The second kappa shape index (κ2) is 5.93. The number of hydrogen-bond acceptors (Lipinski definition) is 3. The standard InChI is InChI=1S/C13H12ClF3N2S/c14-12-4-2-9(20-12)5-6-19-11-3-1-8(18)7-10(11)13(15,16)17/h1-4,7,19H,5-6,18H2. The zero-order chi connectivity index (χ0) is 14.8. The predicted molar refractivity (Wildman–Crippen MR) is 77.4 cm³/mol. The van der Waals surface area contributed by atoms with E-state index in [4.69, 9.17) is 17.3 Å². The molecule has 0 saturated carbocycles. The molecule has 1 aromatic heterocycles. The minimum atomic E-state index is -4.43. The Kier molecular flexibility index (Phi) is 4.45. The first-order chi connectivity index (χ1) is 9.36. The molecule has 0 aliphatic carbocycles. The van der Waals surface area contributed by atoms with Gasteiger partial charge in [-0.15, -0.1) is 11.3 Å². The van der Waals surface area contributed by atoms with E-state index < -0.39 is 11.7 Å². The van der Waals surface area contributed by atoms with Crippen molar-refractivity contribution < 1.29 is 13.2 Å². The topological polar surface area (TPSA) is 38.0 Å². The molecule has 0 radical (unpaired) electrons. The van der Waals surface area contributed by atoms with Crippen molar-refractivity contribution in [1.82, 2.24) is 0 Å². The monoisotopic (exact) mass is 320 g/mol. The van der Waals surface area contributed by atoms with Crippen LogP contribution in [-0.2, 0) is 12.6 Å². The predicted octanol–water partition coefficient (Wildman–Crippen LogP) is 4.66. The molecule has 0 amide bonds. The molecule has 108 valence electrons.